The number of halogens is 2. The van der Waals surface area contributed by atoms with Crippen LogP contribution in [0.3, 0.4) is 0 Å². The highest BCUT2D eigenvalue weighted by Gasteiger charge is 2.22. The topological polar surface area (TPSA) is 48.5 Å². The molecule has 1 N–H and O–H groups in total. The van der Waals surface area contributed by atoms with E-state index in [0.717, 1.165) is 44.0 Å². The van der Waals surface area contributed by atoms with Gasteiger partial charge in [-0.1, -0.05) is 18.5 Å². The minimum atomic E-state index is -0.348. The summed E-state index contributed by atoms with van der Waals surface area (Å²) in [5.41, 5.74) is 2.16. The lowest BCUT2D eigenvalue weighted by Crippen LogP contribution is -2.46. The summed E-state index contributed by atoms with van der Waals surface area (Å²) in [6.07, 6.45) is 1.49. The van der Waals surface area contributed by atoms with Crippen LogP contribution < -0.4 is 10.2 Å². The Hall–Kier alpha value is -2.18. The predicted octanol–water partition coefficient (Wildman–Crippen LogP) is 3.51. The molecule has 1 atom stereocenters. The molecule has 0 bridgehead atoms. The molecular formula is C20H24ClFN4O. The zero-order valence-electron chi connectivity index (χ0n) is 15.6. The molecule has 7 heteroatoms. The number of nitrogens with one attached hydrogen (secondary N) is 1. The lowest BCUT2D eigenvalue weighted by molar-refractivity contribution is 0.0939. The van der Waals surface area contributed by atoms with Gasteiger partial charge >= 0.3 is 0 Å². The Morgan fingerprint density at radius 3 is 2.67 bits per heavy atom. The number of rotatable bonds is 5. The third-order valence-electron chi connectivity index (χ3n) is 4.95. The number of anilines is 1. The molecule has 1 saturated heterocycles. The molecule has 2 aromatic rings. The minimum absolute atomic E-state index is 0.260. The maximum atomic E-state index is 13.9. The molecule has 5 nitrogen and oxygen atoms in total. The molecule has 0 aliphatic carbocycles. The molecule has 144 valence electrons. The summed E-state index contributed by atoms with van der Waals surface area (Å²) in [5.74, 6) is -0.577. The summed E-state index contributed by atoms with van der Waals surface area (Å²) in [6.45, 7) is 8.77. The van der Waals surface area contributed by atoms with Gasteiger partial charge in [0.05, 0.1) is 6.04 Å². The normalized spacial score (nSPS) is 16.2. The molecule has 1 amide bonds. The number of nitrogens with zero attached hydrogens (tertiary/aromatic N) is 3. The Morgan fingerprint density at radius 2 is 2.00 bits per heavy atom. The van der Waals surface area contributed by atoms with Gasteiger partial charge in [0.2, 0.25) is 0 Å². The first kappa shape index (κ1) is 19.6. The third kappa shape index (κ3) is 4.76. The smallest absolute Gasteiger partial charge is 0.251 e. The van der Waals surface area contributed by atoms with Crippen LogP contribution in [-0.2, 0) is 0 Å². The standard InChI is InChI=1S/C20H24ClFN4O/c1-3-25-8-10-26(11-9-25)18-5-4-16(22)13-17(18)14(2)24-20(27)15-6-7-23-19(21)12-15/h4-7,12-14H,3,8-11H2,1-2H3,(H,24,27)/t14-/m0/s1. The first-order chi connectivity index (χ1) is 13.0. The Labute approximate surface area is 164 Å². The van der Waals surface area contributed by atoms with Crippen LogP contribution in [-0.4, -0.2) is 48.5 Å². The highest BCUT2D eigenvalue weighted by atomic mass is 35.5. The quantitative estimate of drug-likeness (QED) is 0.794. The average molecular weight is 391 g/mol. The van der Waals surface area contributed by atoms with Gasteiger partial charge in [0, 0.05) is 49.2 Å². The second kappa shape index (κ2) is 8.67. The summed E-state index contributed by atoms with van der Waals surface area (Å²) in [7, 11) is 0. The van der Waals surface area contributed by atoms with E-state index in [2.05, 4.69) is 27.0 Å². The number of amides is 1. The Kier molecular flexibility index (Phi) is 6.29. The fraction of sp³-hybridized carbons (Fsp3) is 0.400. The molecule has 1 aromatic heterocycles. The molecule has 1 fully saturated rings. The van der Waals surface area contributed by atoms with Crippen molar-refractivity contribution in [2.24, 2.45) is 0 Å². The van der Waals surface area contributed by atoms with Crippen LogP contribution in [0.2, 0.25) is 5.15 Å². The molecular weight excluding hydrogens is 367 g/mol. The summed E-state index contributed by atoms with van der Waals surface area (Å²) < 4.78 is 13.9. The van der Waals surface area contributed by atoms with Gasteiger partial charge < -0.3 is 15.1 Å². The van der Waals surface area contributed by atoms with Crippen molar-refractivity contribution in [3.63, 3.8) is 0 Å². The van der Waals surface area contributed by atoms with Crippen molar-refractivity contribution in [3.05, 3.63) is 58.6 Å². The maximum Gasteiger partial charge on any atom is 0.251 e. The number of likely N-dealkylation sites (N-methyl/N-ethyl adjacent to an activating group) is 1. The monoisotopic (exact) mass is 390 g/mol. The molecule has 0 unspecified atom stereocenters. The molecule has 0 saturated carbocycles. The third-order valence-corrected chi connectivity index (χ3v) is 5.16. The molecule has 3 rings (SSSR count). The summed E-state index contributed by atoms with van der Waals surface area (Å²) >= 11 is 5.86. The number of hydrogen-bond donors (Lipinski definition) is 1. The van der Waals surface area contributed by atoms with E-state index in [-0.39, 0.29) is 22.9 Å². The van der Waals surface area contributed by atoms with Crippen LogP contribution in [0.4, 0.5) is 10.1 Å². The van der Waals surface area contributed by atoms with Crippen molar-refractivity contribution in [3.8, 4) is 0 Å². The lowest BCUT2D eigenvalue weighted by atomic mass is 10.0. The Balaban J connectivity index is 1.78. The van der Waals surface area contributed by atoms with E-state index in [0.29, 0.717) is 5.56 Å². The van der Waals surface area contributed by atoms with E-state index in [9.17, 15) is 9.18 Å². The number of aromatic nitrogens is 1. The number of carbonyl (C=O) groups excluding carboxylic acids is 1. The van der Waals surface area contributed by atoms with Gasteiger partial charge in [-0.25, -0.2) is 9.37 Å². The first-order valence-electron chi connectivity index (χ1n) is 9.17. The molecule has 1 aliphatic rings. The van der Waals surface area contributed by atoms with Crippen molar-refractivity contribution in [1.29, 1.82) is 0 Å². The van der Waals surface area contributed by atoms with Crippen molar-refractivity contribution >= 4 is 23.2 Å². The van der Waals surface area contributed by atoms with E-state index in [1.807, 2.05) is 6.92 Å². The summed E-state index contributed by atoms with van der Waals surface area (Å²) in [4.78, 5) is 21.1. The molecule has 0 radical (unpaired) electrons. The highest BCUT2D eigenvalue weighted by molar-refractivity contribution is 6.29. The lowest BCUT2D eigenvalue weighted by Gasteiger charge is -2.37. The predicted molar refractivity (Wildman–Crippen MR) is 106 cm³/mol. The first-order valence-corrected chi connectivity index (χ1v) is 9.55. The van der Waals surface area contributed by atoms with Gasteiger partial charge in [-0.05, 0) is 43.8 Å². The van der Waals surface area contributed by atoms with Crippen molar-refractivity contribution < 1.29 is 9.18 Å². The molecule has 1 aliphatic heterocycles. The van der Waals surface area contributed by atoms with Gasteiger partial charge in [-0.2, -0.15) is 0 Å². The van der Waals surface area contributed by atoms with Crippen LogP contribution in [0.5, 0.6) is 0 Å². The zero-order chi connectivity index (χ0) is 19.4. The average Bonchev–Trinajstić information content (AvgIpc) is 2.68. The van der Waals surface area contributed by atoms with Crippen LogP contribution in [0, 0.1) is 5.82 Å². The molecule has 2 heterocycles. The number of piperazine rings is 1. The summed E-state index contributed by atoms with van der Waals surface area (Å²) in [6, 6.07) is 7.55. The molecule has 27 heavy (non-hydrogen) atoms. The van der Waals surface area contributed by atoms with E-state index in [4.69, 9.17) is 11.6 Å². The fourth-order valence-electron chi connectivity index (χ4n) is 3.37. The maximum absolute atomic E-state index is 13.9. The van der Waals surface area contributed by atoms with Gasteiger partial charge in [0.1, 0.15) is 11.0 Å². The highest BCUT2D eigenvalue weighted by Crippen LogP contribution is 2.28. The SMILES string of the molecule is CCN1CCN(c2ccc(F)cc2[C@H](C)NC(=O)c2ccnc(Cl)c2)CC1. The van der Waals surface area contributed by atoms with E-state index < -0.39 is 0 Å². The Bertz CT molecular complexity index is 808. The Morgan fingerprint density at radius 1 is 1.26 bits per heavy atom. The largest absolute Gasteiger partial charge is 0.369 e. The minimum Gasteiger partial charge on any atom is -0.369 e. The van der Waals surface area contributed by atoms with Crippen LogP contribution in [0.15, 0.2) is 36.5 Å². The van der Waals surface area contributed by atoms with Crippen molar-refractivity contribution in [2.45, 2.75) is 19.9 Å². The van der Waals surface area contributed by atoms with Gasteiger partial charge in [0.15, 0.2) is 0 Å². The second-order valence-corrected chi connectivity index (χ2v) is 7.07. The number of pyridine rings is 1. The summed E-state index contributed by atoms with van der Waals surface area (Å²) in [5, 5.41) is 3.20. The van der Waals surface area contributed by atoms with E-state index in [1.54, 1.807) is 12.1 Å². The molecule has 0 spiro atoms. The van der Waals surface area contributed by atoms with Crippen LogP contribution in [0.1, 0.15) is 35.8 Å². The van der Waals surface area contributed by atoms with Crippen molar-refractivity contribution in [1.82, 2.24) is 15.2 Å². The van der Waals surface area contributed by atoms with Crippen LogP contribution in [0.25, 0.3) is 0 Å². The number of benzene rings is 1. The van der Waals surface area contributed by atoms with Gasteiger partial charge in [-0.15, -0.1) is 0 Å². The fourth-order valence-corrected chi connectivity index (χ4v) is 3.54. The number of carbonyl (C=O) groups is 1. The van der Waals surface area contributed by atoms with Gasteiger partial charge in [-0.3, -0.25) is 4.79 Å². The zero-order valence-corrected chi connectivity index (χ0v) is 16.3. The van der Waals surface area contributed by atoms with Gasteiger partial charge in [0.25, 0.3) is 5.91 Å². The number of hydrogen-bond acceptors (Lipinski definition) is 4. The second-order valence-electron chi connectivity index (χ2n) is 6.69. The van der Waals surface area contributed by atoms with E-state index >= 15 is 0 Å². The van der Waals surface area contributed by atoms with E-state index in [1.165, 1.54) is 24.4 Å². The molecule has 1 aromatic carbocycles. The van der Waals surface area contributed by atoms with Crippen LogP contribution >= 0.6 is 11.6 Å². The van der Waals surface area contributed by atoms with Crippen molar-refractivity contribution in [2.75, 3.05) is 37.6 Å².